The summed E-state index contributed by atoms with van der Waals surface area (Å²) in [7, 11) is -2.47. The zero-order chi connectivity index (χ0) is 27.3. The number of nitrogens with one attached hydrogen (secondary N) is 1. The van der Waals surface area contributed by atoms with Crippen LogP contribution in [-0.4, -0.2) is 61.5 Å². The number of hydrogen-bond donors (Lipinski definition) is 1. The number of nitrogens with zero attached hydrogens (tertiary/aromatic N) is 3. The Morgan fingerprint density at radius 1 is 1.14 bits per heavy atom. The van der Waals surface area contributed by atoms with Crippen molar-refractivity contribution in [1.82, 2.24) is 10.2 Å². The van der Waals surface area contributed by atoms with Crippen molar-refractivity contribution in [2.75, 3.05) is 24.2 Å². The quantitative estimate of drug-likeness (QED) is 0.375. The Morgan fingerprint density at radius 2 is 1.75 bits per heavy atom. The van der Waals surface area contributed by atoms with Crippen molar-refractivity contribution >= 4 is 33.2 Å². The summed E-state index contributed by atoms with van der Waals surface area (Å²) in [5.41, 5.74) is -0.208. The van der Waals surface area contributed by atoms with Crippen molar-refractivity contribution in [2.24, 2.45) is 0 Å². The first-order valence-corrected chi connectivity index (χ1v) is 12.9. The van der Waals surface area contributed by atoms with Crippen molar-refractivity contribution < 1.29 is 27.7 Å². The Kier molecular flexibility index (Phi) is 9.03. The number of hydrogen-bond acceptors (Lipinski definition) is 7. The molecule has 0 aliphatic heterocycles. The third-order valence-electron chi connectivity index (χ3n) is 5.19. The third kappa shape index (κ3) is 7.94. The molecular formula is C24H32N4O7S. The second-order valence-electron chi connectivity index (χ2n) is 9.33. The second-order valence-corrected chi connectivity index (χ2v) is 11.2. The van der Waals surface area contributed by atoms with E-state index in [0.717, 1.165) is 16.6 Å². The number of nitro groups is 1. The zero-order valence-electron chi connectivity index (χ0n) is 21.2. The largest absolute Gasteiger partial charge is 0.497 e. The van der Waals surface area contributed by atoms with Crippen molar-refractivity contribution in [3.8, 4) is 5.75 Å². The van der Waals surface area contributed by atoms with Gasteiger partial charge in [0.25, 0.3) is 5.69 Å². The molecule has 2 amide bonds. The first-order valence-electron chi connectivity index (χ1n) is 11.1. The smallest absolute Gasteiger partial charge is 0.271 e. The number of amides is 2. The molecule has 0 aliphatic carbocycles. The summed E-state index contributed by atoms with van der Waals surface area (Å²) in [5.74, 6) is -0.450. The molecule has 2 aromatic carbocycles. The standard InChI is InChI=1S/C24H32N4O7S/c1-17(23(30)25-24(2,3)4)26(15-18-10-12-21(35-5)13-11-18)22(29)16-27(36(6,33)34)19-8-7-9-20(14-19)28(31)32/h7-14,17H,15-16H2,1-6H3,(H,25,30). The minimum atomic E-state index is -4.00. The summed E-state index contributed by atoms with van der Waals surface area (Å²) in [6.45, 7) is 6.35. The van der Waals surface area contributed by atoms with Gasteiger partial charge in [0.15, 0.2) is 0 Å². The first kappa shape index (κ1) is 28.6. The maximum Gasteiger partial charge on any atom is 0.271 e. The number of methoxy groups -OCH3 is 1. The van der Waals surface area contributed by atoms with Crippen LogP contribution in [0.1, 0.15) is 33.3 Å². The summed E-state index contributed by atoms with van der Waals surface area (Å²) in [6, 6.07) is 11.0. The molecule has 36 heavy (non-hydrogen) atoms. The van der Waals surface area contributed by atoms with Crippen molar-refractivity contribution in [2.45, 2.75) is 45.8 Å². The number of benzene rings is 2. The van der Waals surface area contributed by atoms with Crippen LogP contribution in [0.25, 0.3) is 0 Å². The molecule has 2 aromatic rings. The van der Waals surface area contributed by atoms with Gasteiger partial charge in [-0.05, 0) is 51.5 Å². The zero-order valence-corrected chi connectivity index (χ0v) is 22.0. The number of nitro benzene ring substituents is 1. The molecule has 0 spiro atoms. The Balaban J connectivity index is 2.44. The van der Waals surface area contributed by atoms with E-state index in [-0.39, 0.29) is 17.9 Å². The molecule has 1 N–H and O–H groups in total. The minimum Gasteiger partial charge on any atom is -0.497 e. The summed E-state index contributed by atoms with van der Waals surface area (Å²) in [6.07, 6.45) is 0.905. The predicted molar refractivity (Wildman–Crippen MR) is 136 cm³/mol. The lowest BCUT2D eigenvalue weighted by Crippen LogP contribution is -2.54. The van der Waals surface area contributed by atoms with Crippen LogP contribution in [0.3, 0.4) is 0 Å². The predicted octanol–water partition coefficient (Wildman–Crippen LogP) is 2.70. The lowest BCUT2D eigenvalue weighted by molar-refractivity contribution is -0.384. The number of sulfonamides is 1. The number of rotatable bonds is 10. The van der Waals surface area contributed by atoms with Gasteiger partial charge in [-0.1, -0.05) is 18.2 Å². The summed E-state index contributed by atoms with van der Waals surface area (Å²) >= 11 is 0. The van der Waals surface area contributed by atoms with E-state index < -0.39 is 44.9 Å². The highest BCUT2D eigenvalue weighted by Gasteiger charge is 2.31. The Hall–Kier alpha value is -3.67. The van der Waals surface area contributed by atoms with Gasteiger partial charge >= 0.3 is 0 Å². The second kappa shape index (κ2) is 11.4. The van der Waals surface area contributed by atoms with Gasteiger partial charge in [-0.3, -0.25) is 24.0 Å². The molecule has 2 rings (SSSR count). The molecule has 1 atom stereocenters. The van der Waals surface area contributed by atoms with E-state index in [9.17, 15) is 28.1 Å². The number of ether oxygens (including phenoxy) is 1. The van der Waals surface area contributed by atoms with Crippen LogP contribution in [0.15, 0.2) is 48.5 Å². The maximum absolute atomic E-state index is 13.5. The molecule has 196 valence electrons. The molecule has 0 heterocycles. The van der Waals surface area contributed by atoms with Crippen molar-refractivity contribution in [3.05, 3.63) is 64.2 Å². The molecule has 11 nitrogen and oxygen atoms in total. The van der Waals surface area contributed by atoms with Gasteiger partial charge in [-0.15, -0.1) is 0 Å². The summed E-state index contributed by atoms with van der Waals surface area (Å²) in [4.78, 5) is 38.3. The van der Waals surface area contributed by atoms with E-state index in [1.807, 2.05) is 0 Å². The molecular weight excluding hydrogens is 488 g/mol. The fourth-order valence-corrected chi connectivity index (χ4v) is 4.20. The normalized spacial score (nSPS) is 12.4. The first-order chi connectivity index (χ1) is 16.6. The van der Waals surface area contributed by atoms with E-state index in [0.29, 0.717) is 11.3 Å². The van der Waals surface area contributed by atoms with E-state index in [1.165, 1.54) is 30.2 Å². The van der Waals surface area contributed by atoms with Crippen LogP contribution in [0, 0.1) is 10.1 Å². The van der Waals surface area contributed by atoms with Crippen LogP contribution in [0.5, 0.6) is 5.75 Å². The van der Waals surface area contributed by atoms with Gasteiger partial charge in [0.1, 0.15) is 18.3 Å². The van der Waals surface area contributed by atoms with Crippen LogP contribution >= 0.6 is 0 Å². The lowest BCUT2D eigenvalue weighted by Gasteiger charge is -2.33. The molecule has 0 radical (unpaired) electrons. The van der Waals surface area contributed by atoms with Crippen molar-refractivity contribution in [3.63, 3.8) is 0 Å². The number of anilines is 1. The Morgan fingerprint density at radius 3 is 2.25 bits per heavy atom. The summed E-state index contributed by atoms with van der Waals surface area (Å²) < 4.78 is 31.1. The van der Waals surface area contributed by atoms with E-state index in [4.69, 9.17) is 4.74 Å². The average molecular weight is 521 g/mol. The van der Waals surface area contributed by atoms with E-state index in [1.54, 1.807) is 52.0 Å². The Labute approximate surface area is 211 Å². The van der Waals surface area contributed by atoms with Crippen LogP contribution in [0.2, 0.25) is 0 Å². The SMILES string of the molecule is COc1ccc(CN(C(=O)CN(c2cccc([N+](=O)[O-])c2)S(C)(=O)=O)C(C)C(=O)NC(C)(C)C)cc1. The fraction of sp³-hybridized carbons (Fsp3) is 0.417. The highest BCUT2D eigenvalue weighted by Crippen LogP contribution is 2.24. The van der Waals surface area contributed by atoms with Crippen LogP contribution in [-0.2, 0) is 26.2 Å². The molecule has 0 aliphatic rings. The minimum absolute atomic E-state index is 0.0219. The monoisotopic (exact) mass is 520 g/mol. The Bertz CT molecular complexity index is 1210. The van der Waals surface area contributed by atoms with Crippen LogP contribution in [0.4, 0.5) is 11.4 Å². The molecule has 0 fully saturated rings. The average Bonchev–Trinajstić information content (AvgIpc) is 2.79. The molecule has 12 heteroatoms. The molecule has 1 unspecified atom stereocenters. The van der Waals surface area contributed by atoms with Gasteiger partial charge in [-0.25, -0.2) is 8.42 Å². The highest BCUT2D eigenvalue weighted by atomic mass is 32.2. The molecule has 0 saturated carbocycles. The number of carbonyl (C=O) groups is 2. The number of non-ortho nitro benzene ring substituents is 1. The maximum atomic E-state index is 13.5. The molecule has 0 aromatic heterocycles. The van der Waals surface area contributed by atoms with Crippen LogP contribution < -0.4 is 14.4 Å². The topological polar surface area (TPSA) is 139 Å². The van der Waals surface area contributed by atoms with Gasteiger partial charge in [0.05, 0.1) is 24.0 Å². The van der Waals surface area contributed by atoms with Gasteiger partial charge < -0.3 is 15.0 Å². The summed E-state index contributed by atoms with van der Waals surface area (Å²) in [5, 5.41) is 14.0. The van der Waals surface area contributed by atoms with E-state index >= 15 is 0 Å². The number of carbonyl (C=O) groups excluding carboxylic acids is 2. The lowest BCUT2D eigenvalue weighted by atomic mass is 10.1. The third-order valence-corrected chi connectivity index (χ3v) is 6.33. The van der Waals surface area contributed by atoms with Gasteiger partial charge in [-0.2, -0.15) is 0 Å². The van der Waals surface area contributed by atoms with Crippen molar-refractivity contribution in [1.29, 1.82) is 0 Å². The van der Waals surface area contributed by atoms with Gasteiger partial charge in [0.2, 0.25) is 21.8 Å². The highest BCUT2D eigenvalue weighted by molar-refractivity contribution is 7.92. The molecule has 0 bridgehead atoms. The molecule has 0 saturated heterocycles. The van der Waals surface area contributed by atoms with E-state index in [2.05, 4.69) is 5.32 Å². The van der Waals surface area contributed by atoms with Gasteiger partial charge in [0, 0.05) is 24.2 Å². The fourth-order valence-electron chi connectivity index (χ4n) is 3.36.